The fraction of sp³-hybridized carbons (Fsp3) is 0.143. The van der Waals surface area contributed by atoms with Crippen LogP contribution in [0.5, 0.6) is 0 Å². The molecule has 0 bridgehead atoms. The van der Waals surface area contributed by atoms with Gasteiger partial charge < -0.3 is 5.11 Å². The summed E-state index contributed by atoms with van der Waals surface area (Å²) in [5.41, 5.74) is 1.25. The maximum Gasteiger partial charge on any atom is 0.269 e. The second-order valence-electron chi connectivity index (χ2n) is 4.49. The molecule has 7 nitrogen and oxygen atoms in total. The Labute approximate surface area is 119 Å². The highest BCUT2D eigenvalue weighted by atomic mass is 16.6. The number of aliphatic hydroxyl groups is 1. The fourth-order valence-corrected chi connectivity index (χ4v) is 1.91. The summed E-state index contributed by atoms with van der Waals surface area (Å²) in [6.07, 6.45) is -0.553. The Morgan fingerprint density at radius 3 is 1.71 bits per heavy atom. The molecule has 2 rings (SSSR count). The lowest BCUT2D eigenvalue weighted by Crippen LogP contribution is -2.02. The molecule has 0 saturated carbocycles. The highest BCUT2D eigenvalue weighted by Crippen LogP contribution is 2.22. The summed E-state index contributed by atoms with van der Waals surface area (Å²) < 4.78 is 0. The molecule has 0 aliphatic carbocycles. The van der Waals surface area contributed by atoms with Gasteiger partial charge in [-0.2, -0.15) is 0 Å². The van der Waals surface area contributed by atoms with Gasteiger partial charge in [0.2, 0.25) is 0 Å². The summed E-state index contributed by atoms with van der Waals surface area (Å²) in [6.45, 7) is 0. The van der Waals surface area contributed by atoms with Gasteiger partial charge in [-0.15, -0.1) is 0 Å². The van der Waals surface area contributed by atoms with E-state index in [9.17, 15) is 25.3 Å². The highest BCUT2D eigenvalue weighted by molar-refractivity contribution is 5.36. The molecule has 1 atom stereocenters. The Balaban J connectivity index is 2.08. The van der Waals surface area contributed by atoms with Gasteiger partial charge in [-0.3, -0.25) is 20.2 Å². The molecule has 0 heterocycles. The standard InChI is InChI=1S/C14H12N2O5/c17-14(11-3-7-13(8-4-11)16(20)21)9-10-1-5-12(6-2-10)15(18)19/h1-8,14,17H,9H2/t14-/m1/s1. The first kappa shape index (κ1) is 14.6. The predicted molar refractivity (Wildman–Crippen MR) is 74.9 cm³/mol. The number of nitro groups is 2. The zero-order valence-corrected chi connectivity index (χ0v) is 10.9. The summed E-state index contributed by atoms with van der Waals surface area (Å²) in [5, 5.41) is 31.2. The van der Waals surface area contributed by atoms with Crippen molar-refractivity contribution in [2.24, 2.45) is 0 Å². The molecular formula is C14H12N2O5. The third kappa shape index (κ3) is 3.61. The van der Waals surface area contributed by atoms with Crippen molar-refractivity contribution in [3.63, 3.8) is 0 Å². The Hall–Kier alpha value is -2.80. The van der Waals surface area contributed by atoms with Crippen LogP contribution in [0.25, 0.3) is 0 Å². The Kier molecular flexibility index (Phi) is 4.24. The van der Waals surface area contributed by atoms with Gasteiger partial charge in [0.15, 0.2) is 0 Å². The van der Waals surface area contributed by atoms with Crippen molar-refractivity contribution >= 4 is 11.4 Å². The molecule has 1 N–H and O–H groups in total. The summed E-state index contributed by atoms with van der Waals surface area (Å²) in [6, 6.07) is 11.5. The quantitative estimate of drug-likeness (QED) is 0.672. The third-order valence-corrected chi connectivity index (χ3v) is 3.06. The molecule has 108 valence electrons. The van der Waals surface area contributed by atoms with Crippen LogP contribution in [0.3, 0.4) is 0 Å². The minimum Gasteiger partial charge on any atom is -0.388 e. The Bertz CT molecular complexity index is 652. The van der Waals surface area contributed by atoms with E-state index < -0.39 is 16.0 Å². The molecule has 0 amide bonds. The number of nitro benzene ring substituents is 2. The molecule has 2 aromatic carbocycles. The van der Waals surface area contributed by atoms with E-state index in [0.29, 0.717) is 5.56 Å². The van der Waals surface area contributed by atoms with Gasteiger partial charge >= 0.3 is 0 Å². The van der Waals surface area contributed by atoms with Gasteiger partial charge in [0.05, 0.1) is 16.0 Å². The zero-order valence-electron chi connectivity index (χ0n) is 10.9. The number of hydrogen-bond donors (Lipinski definition) is 1. The number of nitrogens with zero attached hydrogens (tertiary/aromatic N) is 2. The Morgan fingerprint density at radius 1 is 0.857 bits per heavy atom. The molecule has 0 saturated heterocycles. The van der Waals surface area contributed by atoms with E-state index in [2.05, 4.69) is 0 Å². The molecule has 2 aromatic rings. The van der Waals surface area contributed by atoms with Crippen LogP contribution < -0.4 is 0 Å². The lowest BCUT2D eigenvalue weighted by Gasteiger charge is -2.10. The van der Waals surface area contributed by atoms with E-state index in [0.717, 1.165) is 5.56 Å². The maximum atomic E-state index is 10.5. The average molecular weight is 288 g/mol. The summed E-state index contributed by atoms with van der Waals surface area (Å²) in [4.78, 5) is 20.1. The van der Waals surface area contributed by atoms with E-state index in [4.69, 9.17) is 0 Å². The molecule has 0 aliphatic heterocycles. The second-order valence-corrected chi connectivity index (χ2v) is 4.49. The van der Waals surface area contributed by atoms with Crippen molar-refractivity contribution < 1.29 is 15.0 Å². The smallest absolute Gasteiger partial charge is 0.269 e. The number of non-ortho nitro benzene ring substituents is 2. The van der Waals surface area contributed by atoms with Crippen LogP contribution in [-0.4, -0.2) is 15.0 Å². The van der Waals surface area contributed by atoms with Crippen LogP contribution in [-0.2, 0) is 6.42 Å². The molecular weight excluding hydrogens is 276 g/mol. The SMILES string of the molecule is O=[N+]([O-])c1ccc(C[C@@H](O)c2ccc([N+](=O)[O-])cc2)cc1. The van der Waals surface area contributed by atoms with Crippen molar-refractivity contribution in [3.8, 4) is 0 Å². The molecule has 0 unspecified atom stereocenters. The lowest BCUT2D eigenvalue weighted by molar-refractivity contribution is -0.385. The van der Waals surface area contributed by atoms with Crippen LogP contribution in [0.1, 0.15) is 17.2 Å². The number of benzene rings is 2. The first-order chi connectivity index (χ1) is 9.97. The van der Waals surface area contributed by atoms with Gasteiger partial charge in [-0.1, -0.05) is 12.1 Å². The maximum absolute atomic E-state index is 10.5. The highest BCUT2D eigenvalue weighted by Gasteiger charge is 2.12. The first-order valence-corrected chi connectivity index (χ1v) is 6.13. The van der Waals surface area contributed by atoms with E-state index in [1.807, 2.05) is 0 Å². The molecule has 0 fully saturated rings. The molecule has 0 aliphatic rings. The van der Waals surface area contributed by atoms with Crippen LogP contribution >= 0.6 is 0 Å². The average Bonchev–Trinajstić information content (AvgIpc) is 2.47. The summed E-state index contributed by atoms with van der Waals surface area (Å²) in [7, 11) is 0. The van der Waals surface area contributed by atoms with E-state index >= 15 is 0 Å². The van der Waals surface area contributed by atoms with Crippen LogP contribution in [0.2, 0.25) is 0 Å². The van der Waals surface area contributed by atoms with Crippen LogP contribution in [0, 0.1) is 20.2 Å². The minimum atomic E-state index is -0.827. The lowest BCUT2D eigenvalue weighted by atomic mass is 10.0. The van der Waals surface area contributed by atoms with Gasteiger partial charge in [-0.05, 0) is 23.3 Å². The van der Waals surface area contributed by atoms with Crippen molar-refractivity contribution in [3.05, 3.63) is 79.9 Å². The normalized spacial score (nSPS) is 11.9. The molecule has 0 radical (unpaired) electrons. The number of hydrogen-bond acceptors (Lipinski definition) is 5. The van der Waals surface area contributed by atoms with Gasteiger partial charge in [0.1, 0.15) is 0 Å². The molecule has 0 spiro atoms. The van der Waals surface area contributed by atoms with Crippen LogP contribution in [0.15, 0.2) is 48.5 Å². The molecule has 7 heteroatoms. The topological polar surface area (TPSA) is 107 Å². The monoisotopic (exact) mass is 288 g/mol. The summed E-state index contributed by atoms with van der Waals surface area (Å²) in [5.74, 6) is 0. The van der Waals surface area contributed by atoms with E-state index in [1.165, 1.54) is 36.4 Å². The third-order valence-electron chi connectivity index (χ3n) is 3.06. The van der Waals surface area contributed by atoms with Crippen molar-refractivity contribution in [1.82, 2.24) is 0 Å². The summed E-state index contributed by atoms with van der Waals surface area (Å²) >= 11 is 0. The van der Waals surface area contributed by atoms with Gasteiger partial charge in [0.25, 0.3) is 11.4 Å². The van der Waals surface area contributed by atoms with Crippen molar-refractivity contribution in [2.45, 2.75) is 12.5 Å². The van der Waals surface area contributed by atoms with Gasteiger partial charge in [-0.25, -0.2) is 0 Å². The number of rotatable bonds is 5. The largest absolute Gasteiger partial charge is 0.388 e. The van der Waals surface area contributed by atoms with Crippen molar-refractivity contribution in [2.75, 3.05) is 0 Å². The van der Waals surface area contributed by atoms with E-state index in [-0.39, 0.29) is 17.8 Å². The predicted octanol–water partition coefficient (Wildman–Crippen LogP) is 2.78. The zero-order chi connectivity index (χ0) is 15.4. The first-order valence-electron chi connectivity index (χ1n) is 6.13. The minimum absolute atomic E-state index is 0.0106. The fourth-order valence-electron chi connectivity index (χ4n) is 1.91. The number of aliphatic hydroxyl groups excluding tert-OH is 1. The van der Waals surface area contributed by atoms with Crippen molar-refractivity contribution in [1.29, 1.82) is 0 Å². The molecule has 0 aromatic heterocycles. The molecule has 21 heavy (non-hydrogen) atoms. The van der Waals surface area contributed by atoms with E-state index in [1.54, 1.807) is 12.1 Å². The van der Waals surface area contributed by atoms with Gasteiger partial charge in [0, 0.05) is 30.7 Å². The Morgan fingerprint density at radius 2 is 1.29 bits per heavy atom. The second kappa shape index (κ2) is 6.10. The van der Waals surface area contributed by atoms with Crippen LogP contribution in [0.4, 0.5) is 11.4 Å².